The summed E-state index contributed by atoms with van der Waals surface area (Å²) in [6.07, 6.45) is 3.96. The lowest BCUT2D eigenvalue weighted by Gasteiger charge is -2.13. The van der Waals surface area contributed by atoms with Crippen molar-refractivity contribution in [2.45, 2.75) is 45.1 Å². The third-order valence-corrected chi connectivity index (χ3v) is 2.91. The molecule has 18 heavy (non-hydrogen) atoms. The van der Waals surface area contributed by atoms with Crippen LogP contribution in [0.4, 0.5) is 0 Å². The summed E-state index contributed by atoms with van der Waals surface area (Å²) in [5.41, 5.74) is 1.28. The minimum absolute atomic E-state index is 0.108. The number of amides is 1. The lowest BCUT2D eigenvalue weighted by molar-refractivity contribution is -0.121. The van der Waals surface area contributed by atoms with Crippen molar-refractivity contribution in [2.75, 3.05) is 6.61 Å². The molecule has 3 nitrogen and oxygen atoms in total. The molecule has 1 amide bonds. The van der Waals surface area contributed by atoms with E-state index in [1.807, 2.05) is 25.1 Å². The first-order valence-corrected chi connectivity index (χ1v) is 6.66. The Morgan fingerprint density at radius 1 is 1.28 bits per heavy atom. The van der Waals surface area contributed by atoms with Crippen LogP contribution < -0.4 is 5.32 Å². The van der Waals surface area contributed by atoms with Crippen molar-refractivity contribution in [3.8, 4) is 0 Å². The number of aliphatic hydroxyl groups excluding tert-OH is 1. The van der Waals surface area contributed by atoms with E-state index in [0.29, 0.717) is 6.42 Å². The van der Waals surface area contributed by atoms with Crippen LogP contribution in [0.15, 0.2) is 30.3 Å². The highest BCUT2D eigenvalue weighted by molar-refractivity contribution is 5.76. The van der Waals surface area contributed by atoms with E-state index in [-0.39, 0.29) is 18.6 Å². The highest BCUT2D eigenvalue weighted by atomic mass is 16.2. The standard InChI is InChI=1S/C15H23NO2/c1-13(7-6-12-17)16-15(18)11-5-10-14-8-3-2-4-9-14/h2-4,8-9,13,17H,5-7,10-12H2,1H3,(H,16,18). The monoisotopic (exact) mass is 249 g/mol. The average Bonchev–Trinajstić information content (AvgIpc) is 2.37. The molecule has 100 valence electrons. The van der Waals surface area contributed by atoms with Gasteiger partial charge in [-0.2, -0.15) is 0 Å². The van der Waals surface area contributed by atoms with E-state index in [9.17, 15) is 4.79 Å². The molecule has 0 fully saturated rings. The van der Waals surface area contributed by atoms with Gasteiger partial charge in [-0.3, -0.25) is 4.79 Å². The van der Waals surface area contributed by atoms with Gasteiger partial charge in [0.15, 0.2) is 0 Å². The fourth-order valence-electron chi connectivity index (χ4n) is 1.91. The van der Waals surface area contributed by atoms with Gasteiger partial charge in [0.1, 0.15) is 0 Å². The molecule has 0 spiro atoms. The van der Waals surface area contributed by atoms with Crippen LogP contribution >= 0.6 is 0 Å². The summed E-state index contributed by atoms with van der Waals surface area (Å²) >= 11 is 0. The molecule has 0 radical (unpaired) electrons. The number of nitrogens with one attached hydrogen (secondary N) is 1. The maximum Gasteiger partial charge on any atom is 0.220 e. The van der Waals surface area contributed by atoms with E-state index in [1.54, 1.807) is 0 Å². The van der Waals surface area contributed by atoms with E-state index >= 15 is 0 Å². The number of hydrogen-bond acceptors (Lipinski definition) is 2. The molecule has 1 rings (SSSR count). The predicted octanol–water partition coefficient (Wildman–Crippen LogP) is 2.29. The summed E-state index contributed by atoms with van der Waals surface area (Å²) in [7, 11) is 0. The highest BCUT2D eigenvalue weighted by Gasteiger charge is 2.06. The van der Waals surface area contributed by atoms with Crippen molar-refractivity contribution in [1.29, 1.82) is 0 Å². The number of aryl methyl sites for hydroxylation is 1. The Morgan fingerprint density at radius 3 is 2.67 bits per heavy atom. The quantitative estimate of drug-likeness (QED) is 0.742. The van der Waals surface area contributed by atoms with E-state index in [4.69, 9.17) is 5.11 Å². The lowest BCUT2D eigenvalue weighted by atomic mass is 10.1. The van der Waals surface area contributed by atoms with Gasteiger partial charge in [-0.25, -0.2) is 0 Å². The van der Waals surface area contributed by atoms with Crippen LogP contribution in [0.5, 0.6) is 0 Å². The molecule has 1 atom stereocenters. The molecule has 0 saturated heterocycles. The van der Waals surface area contributed by atoms with E-state index in [2.05, 4.69) is 17.4 Å². The van der Waals surface area contributed by atoms with Crippen LogP contribution in [0.2, 0.25) is 0 Å². The first-order valence-electron chi connectivity index (χ1n) is 6.66. The molecule has 0 aliphatic carbocycles. The average molecular weight is 249 g/mol. The first-order chi connectivity index (χ1) is 8.72. The second-order valence-corrected chi connectivity index (χ2v) is 4.67. The normalized spacial score (nSPS) is 12.1. The number of benzene rings is 1. The molecule has 1 unspecified atom stereocenters. The predicted molar refractivity (Wildman–Crippen MR) is 73.3 cm³/mol. The fraction of sp³-hybridized carbons (Fsp3) is 0.533. The smallest absolute Gasteiger partial charge is 0.220 e. The SMILES string of the molecule is CC(CCCO)NC(=O)CCCc1ccccc1. The summed E-state index contributed by atoms with van der Waals surface area (Å²) in [6.45, 7) is 2.17. The van der Waals surface area contributed by atoms with E-state index in [0.717, 1.165) is 25.7 Å². The Bertz CT molecular complexity index is 338. The Balaban J connectivity index is 2.13. The maximum absolute atomic E-state index is 11.6. The largest absolute Gasteiger partial charge is 0.396 e. The van der Waals surface area contributed by atoms with Gasteiger partial charge in [-0.1, -0.05) is 30.3 Å². The van der Waals surface area contributed by atoms with E-state index < -0.39 is 0 Å². The molecule has 0 aromatic heterocycles. The number of hydrogen-bond donors (Lipinski definition) is 2. The second kappa shape index (κ2) is 8.70. The zero-order valence-corrected chi connectivity index (χ0v) is 11.1. The van der Waals surface area contributed by atoms with Crippen LogP contribution in [-0.4, -0.2) is 23.7 Å². The summed E-state index contributed by atoms with van der Waals surface area (Å²) < 4.78 is 0. The van der Waals surface area contributed by atoms with Crippen molar-refractivity contribution in [3.05, 3.63) is 35.9 Å². The van der Waals surface area contributed by atoms with Crippen LogP contribution in [0.3, 0.4) is 0 Å². The zero-order chi connectivity index (χ0) is 13.2. The van der Waals surface area contributed by atoms with Gasteiger partial charge in [0, 0.05) is 19.1 Å². The Labute approximate surface area is 109 Å². The number of rotatable bonds is 8. The minimum Gasteiger partial charge on any atom is -0.396 e. The third kappa shape index (κ3) is 6.40. The Kier molecular flexibility index (Phi) is 7.11. The topological polar surface area (TPSA) is 49.3 Å². The Morgan fingerprint density at radius 2 is 2.00 bits per heavy atom. The van der Waals surface area contributed by atoms with Gasteiger partial charge in [0.2, 0.25) is 5.91 Å². The number of carbonyl (C=O) groups is 1. The van der Waals surface area contributed by atoms with E-state index in [1.165, 1.54) is 5.56 Å². The zero-order valence-electron chi connectivity index (χ0n) is 11.1. The lowest BCUT2D eigenvalue weighted by Crippen LogP contribution is -2.32. The van der Waals surface area contributed by atoms with Crippen molar-refractivity contribution in [2.24, 2.45) is 0 Å². The van der Waals surface area contributed by atoms with Crippen molar-refractivity contribution in [1.82, 2.24) is 5.32 Å². The molecule has 3 heteroatoms. The number of aliphatic hydroxyl groups is 1. The second-order valence-electron chi connectivity index (χ2n) is 4.67. The summed E-state index contributed by atoms with van der Waals surface area (Å²) in [5, 5.41) is 11.7. The van der Waals surface area contributed by atoms with Gasteiger partial charge in [-0.05, 0) is 38.2 Å². The summed E-state index contributed by atoms with van der Waals surface area (Å²) in [5.74, 6) is 0.108. The molecule has 0 aliphatic heterocycles. The minimum atomic E-state index is 0.108. The molecule has 1 aromatic carbocycles. The van der Waals surface area contributed by atoms with Gasteiger partial charge in [-0.15, -0.1) is 0 Å². The molecule has 0 bridgehead atoms. The fourth-order valence-corrected chi connectivity index (χ4v) is 1.91. The van der Waals surface area contributed by atoms with Crippen LogP contribution in [0.1, 0.15) is 38.2 Å². The summed E-state index contributed by atoms with van der Waals surface area (Å²) in [4.78, 5) is 11.6. The van der Waals surface area contributed by atoms with Gasteiger partial charge >= 0.3 is 0 Å². The van der Waals surface area contributed by atoms with Gasteiger partial charge in [0.05, 0.1) is 0 Å². The molecular formula is C15H23NO2. The van der Waals surface area contributed by atoms with Crippen molar-refractivity contribution < 1.29 is 9.90 Å². The van der Waals surface area contributed by atoms with Crippen molar-refractivity contribution in [3.63, 3.8) is 0 Å². The highest BCUT2D eigenvalue weighted by Crippen LogP contribution is 2.05. The van der Waals surface area contributed by atoms with Gasteiger partial charge in [0.25, 0.3) is 0 Å². The molecule has 0 saturated carbocycles. The van der Waals surface area contributed by atoms with Gasteiger partial charge < -0.3 is 10.4 Å². The third-order valence-electron chi connectivity index (χ3n) is 2.91. The first kappa shape index (κ1) is 14.7. The maximum atomic E-state index is 11.6. The molecule has 1 aromatic rings. The Hall–Kier alpha value is -1.35. The molecule has 0 aliphatic rings. The van der Waals surface area contributed by atoms with Crippen LogP contribution in [0.25, 0.3) is 0 Å². The van der Waals surface area contributed by atoms with Crippen LogP contribution in [0, 0.1) is 0 Å². The molecular weight excluding hydrogens is 226 g/mol. The molecule has 0 heterocycles. The summed E-state index contributed by atoms with van der Waals surface area (Å²) in [6, 6.07) is 10.4. The van der Waals surface area contributed by atoms with Crippen LogP contribution in [-0.2, 0) is 11.2 Å². The van der Waals surface area contributed by atoms with Crippen molar-refractivity contribution >= 4 is 5.91 Å². The molecule has 2 N–H and O–H groups in total. The number of carbonyl (C=O) groups excluding carboxylic acids is 1.